The average molecular weight is 474 g/mol. The van der Waals surface area contributed by atoms with Crippen molar-refractivity contribution in [1.82, 2.24) is 14.8 Å². The fourth-order valence-electron chi connectivity index (χ4n) is 7.78. The van der Waals surface area contributed by atoms with Crippen molar-refractivity contribution in [2.24, 2.45) is 5.92 Å². The van der Waals surface area contributed by atoms with Crippen LogP contribution in [0.1, 0.15) is 68.3 Å². The molecule has 6 aliphatic rings. The Labute approximate surface area is 208 Å². The van der Waals surface area contributed by atoms with Crippen LogP contribution in [-0.2, 0) is 6.42 Å². The highest BCUT2D eigenvalue weighted by Gasteiger charge is 2.63. The Hall–Kier alpha value is -2.24. The van der Waals surface area contributed by atoms with E-state index in [2.05, 4.69) is 53.1 Å². The van der Waals surface area contributed by atoms with Gasteiger partial charge in [0.15, 0.2) is 0 Å². The molecule has 0 spiro atoms. The van der Waals surface area contributed by atoms with Gasteiger partial charge in [-0.2, -0.15) is 0 Å². The molecule has 1 saturated heterocycles. The van der Waals surface area contributed by atoms with Gasteiger partial charge in [-0.15, -0.1) is 0 Å². The smallest absolute Gasteiger partial charge is 0.138 e. The third-order valence-corrected chi connectivity index (χ3v) is 9.43. The summed E-state index contributed by atoms with van der Waals surface area (Å²) >= 11 is 0. The van der Waals surface area contributed by atoms with E-state index in [1.165, 1.54) is 36.1 Å². The summed E-state index contributed by atoms with van der Waals surface area (Å²) in [5.41, 5.74) is 7.66. The van der Waals surface area contributed by atoms with Crippen molar-refractivity contribution in [2.45, 2.75) is 75.6 Å². The number of pyridine rings is 1. The quantitative estimate of drug-likeness (QED) is 0.524. The van der Waals surface area contributed by atoms with Crippen LogP contribution in [-0.4, -0.2) is 58.8 Å². The third kappa shape index (κ3) is 3.57. The van der Waals surface area contributed by atoms with E-state index in [0.29, 0.717) is 18.0 Å². The molecule has 0 radical (unpaired) electrons. The van der Waals surface area contributed by atoms with Gasteiger partial charge in [0, 0.05) is 31.2 Å². The number of benzene rings is 1. The number of hydrogen-bond donors (Lipinski definition) is 0. The van der Waals surface area contributed by atoms with Crippen LogP contribution in [0.3, 0.4) is 0 Å². The number of nitrogens with zero attached hydrogens (tertiary/aromatic N) is 3. The number of ether oxygens (including phenoxy) is 1. The van der Waals surface area contributed by atoms with Gasteiger partial charge in [0.25, 0.3) is 0 Å². The molecule has 35 heavy (non-hydrogen) atoms. The monoisotopic (exact) mass is 473 g/mol. The molecule has 2 aromatic rings. The van der Waals surface area contributed by atoms with E-state index in [9.17, 15) is 4.39 Å². The van der Waals surface area contributed by atoms with Gasteiger partial charge in [0.1, 0.15) is 11.9 Å². The Bertz CT molecular complexity index is 1130. The zero-order valence-corrected chi connectivity index (χ0v) is 20.8. The summed E-state index contributed by atoms with van der Waals surface area (Å²) in [6.45, 7) is 4.89. The van der Waals surface area contributed by atoms with Crippen molar-refractivity contribution < 1.29 is 9.13 Å². The molecule has 0 amide bonds. The van der Waals surface area contributed by atoms with E-state index in [4.69, 9.17) is 9.72 Å². The molecule has 5 heteroatoms. The van der Waals surface area contributed by atoms with Crippen LogP contribution >= 0.6 is 0 Å². The molecule has 2 aliphatic heterocycles. The van der Waals surface area contributed by atoms with E-state index in [0.717, 1.165) is 50.6 Å². The number of alkyl halides is 1. The van der Waals surface area contributed by atoms with E-state index in [-0.39, 0.29) is 18.8 Å². The predicted octanol–water partition coefficient (Wildman–Crippen LogP) is 5.59. The molecule has 0 unspecified atom stereocenters. The minimum absolute atomic E-state index is 0.174. The second-order valence-corrected chi connectivity index (χ2v) is 11.7. The van der Waals surface area contributed by atoms with Gasteiger partial charge >= 0.3 is 0 Å². The van der Waals surface area contributed by atoms with Crippen molar-refractivity contribution in [2.75, 3.05) is 26.3 Å². The summed E-state index contributed by atoms with van der Waals surface area (Å²) in [7, 11) is 0. The van der Waals surface area contributed by atoms with Crippen LogP contribution in [0.5, 0.6) is 5.75 Å². The van der Waals surface area contributed by atoms with Crippen molar-refractivity contribution in [1.29, 1.82) is 0 Å². The van der Waals surface area contributed by atoms with Crippen LogP contribution in [0.25, 0.3) is 5.57 Å². The lowest BCUT2D eigenvalue weighted by Crippen LogP contribution is -2.71. The summed E-state index contributed by atoms with van der Waals surface area (Å²) in [4.78, 5) is 10.2. The molecular formula is C30H36FN3O. The summed E-state index contributed by atoms with van der Waals surface area (Å²) in [5.74, 6) is 1.81. The fraction of sp³-hybridized carbons (Fsp3) is 0.567. The largest absolute Gasteiger partial charge is 0.487 e. The number of halogens is 1. The van der Waals surface area contributed by atoms with Crippen molar-refractivity contribution in [3.8, 4) is 5.75 Å². The lowest BCUT2D eigenvalue weighted by molar-refractivity contribution is -0.173. The molecule has 4 fully saturated rings. The van der Waals surface area contributed by atoms with Crippen molar-refractivity contribution in [3.05, 3.63) is 65.0 Å². The second-order valence-electron chi connectivity index (χ2n) is 11.7. The summed E-state index contributed by atoms with van der Waals surface area (Å²) in [6.07, 6.45) is 10.0. The van der Waals surface area contributed by atoms with Crippen LogP contribution in [0.4, 0.5) is 4.39 Å². The molecule has 4 aliphatic carbocycles. The first-order chi connectivity index (χ1) is 17.1. The highest BCUT2D eigenvalue weighted by atomic mass is 19.1. The molecule has 1 aromatic heterocycles. The molecule has 2 bridgehead atoms. The molecule has 4 nitrogen and oxygen atoms in total. The molecular weight excluding hydrogens is 437 g/mol. The van der Waals surface area contributed by atoms with Crippen molar-refractivity contribution >= 4 is 5.57 Å². The molecule has 1 aromatic carbocycles. The maximum absolute atomic E-state index is 12.5. The fourth-order valence-corrected chi connectivity index (χ4v) is 7.78. The van der Waals surface area contributed by atoms with E-state index in [1.807, 2.05) is 6.20 Å². The van der Waals surface area contributed by atoms with Gasteiger partial charge in [-0.1, -0.05) is 24.3 Å². The molecule has 3 saturated carbocycles. The topological polar surface area (TPSA) is 28.6 Å². The van der Waals surface area contributed by atoms with Crippen LogP contribution in [0.15, 0.2) is 48.2 Å². The van der Waals surface area contributed by atoms with E-state index < -0.39 is 0 Å². The minimum atomic E-state index is -0.241. The SMILES string of the molecule is C[C@@H]1CC2=C(Cc3ccccc32)[C@@H](c2ccc(O[C@H]3CCN(CCCF)C3)cn2)N1C12CC(C1)C2. The summed E-state index contributed by atoms with van der Waals surface area (Å²) in [6, 6.07) is 14.1. The molecule has 8 rings (SSSR count). The van der Waals surface area contributed by atoms with Gasteiger partial charge in [-0.25, -0.2) is 0 Å². The van der Waals surface area contributed by atoms with Gasteiger partial charge < -0.3 is 4.74 Å². The Morgan fingerprint density at radius 3 is 2.74 bits per heavy atom. The number of likely N-dealkylation sites (tertiary alicyclic amines) is 1. The third-order valence-electron chi connectivity index (χ3n) is 9.43. The highest BCUT2D eigenvalue weighted by Crippen LogP contribution is 2.65. The lowest BCUT2D eigenvalue weighted by atomic mass is 9.48. The van der Waals surface area contributed by atoms with Crippen molar-refractivity contribution in [3.63, 3.8) is 0 Å². The zero-order chi connectivity index (χ0) is 23.6. The predicted molar refractivity (Wildman–Crippen MR) is 136 cm³/mol. The summed E-state index contributed by atoms with van der Waals surface area (Å²) in [5, 5.41) is 0. The first-order valence-corrected chi connectivity index (χ1v) is 13.6. The Kier molecular flexibility index (Phi) is 5.29. The maximum Gasteiger partial charge on any atom is 0.138 e. The molecule has 3 atom stereocenters. The first kappa shape index (κ1) is 22.0. The second kappa shape index (κ2) is 8.41. The van der Waals surface area contributed by atoms with Gasteiger partial charge in [0.2, 0.25) is 0 Å². The van der Waals surface area contributed by atoms with Crippen LogP contribution in [0.2, 0.25) is 0 Å². The Morgan fingerprint density at radius 2 is 2.00 bits per heavy atom. The zero-order valence-electron chi connectivity index (χ0n) is 20.8. The lowest BCUT2D eigenvalue weighted by Gasteiger charge is -2.70. The minimum Gasteiger partial charge on any atom is -0.487 e. The number of rotatable bonds is 7. The van der Waals surface area contributed by atoms with Gasteiger partial charge in [0.05, 0.1) is 24.6 Å². The average Bonchev–Trinajstić information content (AvgIpc) is 3.41. The normalized spacial score (nSPS) is 33.8. The highest BCUT2D eigenvalue weighted by molar-refractivity contribution is 5.79. The summed E-state index contributed by atoms with van der Waals surface area (Å²) < 4.78 is 18.8. The number of fused-ring (bicyclic) bond motifs is 2. The van der Waals surface area contributed by atoms with E-state index >= 15 is 0 Å². The number of aromatic nitrogens is 1. The van der Waals surface area contributed by atoms with Gasteiger partial charge in [-0.05, 0) is 92.2 Å². The van der Waals surface area contributed by atoms with Gasteiger partial charge in [-0.3, -0.25) is 19.2 Å². The van der Waals surface area contributed by atoms with Crippen LogP contribution in [0, 0.1) is 5.92 Å². The van der Waals surface area contributed by atoms with E-state index in [1.54, 1.807) is 11.1 Å². The first-order valence-electron chi connectivity index (χ1n) is 13.6. The standard InChI is InChI=1S/C30H36FN3O/c1-20-13-26-25-6-3-2-5-22(25)14-27(26)29(34(20)30-15-21(16-30)17-30)28-8-7-23(18-32-28)35-24-9-12-33(19-24)11-4-10-31/h2-3,5-8,18,20-21,24,29H,4,9-17,19H2,1H3/t20-,21?,24+,29+,30?/m1/s1. The Balaban J connectivity index is 1.15. The molecule has 3 heterocycles. The van der Waals surface area contributed by atoms with Crippen LogP contribution < -0.4 is 4.74 Å². The Morgan fingerprint density at radius 1 is 1.14 bits per heavy atom. The number of hydrogen-bond acceptors (Lipinski definition) is 4. The molecule has 0 N–H and O–H groups in total. The molecule has 184 valence electrons. The maximum atomic E-state index is 12.5.